The number of halogens is 1. The standard InChI is InChI=1S/C16H10BrNO2S/c17-11-7-5-10(6-8-11)14(19)9-21-15-12-3-1-2-4-13(12)18-16(15)20/h1-8H,9H2. The summed E-state index contributed by atoms with van der Waals surface area (Å²) in [4.78, 5) is 28.6. The molecular weight excluding hydrogens is 350 g/mol. The van der Waals surface area contributed by atoms with Gasteiger partial charge in [-0.15, -0.1) is 11.8 Å². The lowest BCUT2D eigenvalue weighted by Crippen LogP contribution is -2.21. The number of benzene rings is 2. The molecule has 3 nitrogen and oxygen atoms in total. The smallest absolute Gasteiger partial charge is 0.284 e. The van der Waals surface area contributed by atoms with E-state index in [2.05, 4.69) is 20.9 Å². The van der Waals surface area contributed by atoms with Crippen LogP contribution in [0.2, 0.25) is 0 Å². The molecule has 0 saturated heterocycles. The van der Waals surface area contributed by atoms with E-state index in [9.17, 15) is 9.59 Å². The molecule has 0 bridgehead atoms. The van der Waals surface area contributed by atoms with Crippen LogP contribution in [0.1, 0.15) is 10.4 Å². The number of amides is 1. The number of fused-ring (bicyclic) bond motifs is 1. The number of carbonyl (C=O) groups excluding carboxylic acids is 2. The van der Waals surface area contributed by atoms with Crippen molar-refractivity contribution < 1.29 is 9.59 Å². The van der Waals surface area contributed by atoms with Gasteiger partial charge in [-0.25, -0.2) is 4.99 Å². The number of ketones is 1. The molecule has 0 fully saturated rings. The molecule has 0 aliphatic carbocycles. The second-order valence-electron chi connectivity index (χ2n) is 4.48. The van der Waals surface area contributed by atoms with Gasteiger partial charge in [0.1, 0.15) is 0 Å². The van der Waals surface area contributed by atoms with Crippen molar-refractivity contribution >= 4 is 44.3 Å². The Hall–Kier alpha value is -1.72. The van der Waals surface area contributed by atoms with Crippen molar-refractivity contribution in [2.45, 2.75) is 0 Å². The maximum Gasteiger partial charge on any atom is 0.284 e. The second kappa shape index (κ2) is 5.95. The van der Waals surface area contributed by atoms with Gasteiger partial charge in [0.15, 0.2) is 5.78 Å². The number of Topliss-reactive ketones (excluding diaryl/α,β-unsaturated/α-hetero) is 1. The lowest BCUT2D eigenvalue weighted by Gasteiger charge is -2.01. The summed E-state index contributed by atoms with van der Waals surface area (Å²) in [5, 5.41) is 1.50. The van der Waals surface area contributed by atoms with Crippen LogP contribution in [0.15, 0.2) is 58.0 Å². The van der Waals surface area contributed by atoms with Gasteiger partial charge in [0, 0.05) is 15.3 Å². The first kappa shape index (κ1) is 14.2. The van der Waals surface area contributed by atoms with Crippen LogP contribution in [-0.2, 0) is 4.79 Å². The molecule has 0 N–H and O–H groups in total. The summed E-state index contributed by atoms with van der Waals surface area (Å²) >= 11 is 4.59. The lowest BCUT2D eigenvalue weighted by atomic mass is 10.2. The van der Waals surface area contributed by atoms with E-state index in [0.717, 1.165) is 9.69 Å². The first-order valence-corrected chi connectivity index (χ1v) is 8.07. The minimum atomic E-state index is -0.259. The van der Waals surface area contributed by atoms with Crippen molar-refractivity contribution in [2.24, 2.45) is 4.99 Å². The number of nitrogens with zero attached hydrogens (tertiary/aromatic N) is 1. The maximum absolute atomic E-state index is 12.1. The third-order valence-corrected chi connectivity index (χ3v) is 4.70. The lowest BCUT2D eigenvalue weighted by molar-refractivity contribution is -0.112. The van der Waals surface area contributed by atoms with E-state index in [1.807, 2.05) is 30.3 Å². The fourth-order valence-electron chi connectivity index (χ4n) is 2.03. The van der Waals surface area contributed by atoms with E-state index in [1.54, 1.807) is 18.2 Å². The molecule has 0 spiro atoms. The largest absolute Gasteiger partial charge is 0.293 e. The fraction of sp³-hybridized carbons (Fsp3) is 0.0625. The molecule has 0 atom stereocenters. The highest BCUT2D eigenvalue weighted by Crippen LogP contribution is 2.20. The third kappa shape index (κ3) is 2.99. The Kier molecular flexibility index (Phi) is 4.03. The second-order valence-corrected chi connectivity index (χ2v) is 6.38. The zero-order valence-electron chi connectivity index (χ0n) is 10.9. The Morgan fingerprint density at radius 3 is 2.57 bits per heavy atom. The summed E-state index contributed by atoms with van der Waals surface area (Å²) in [5.41, 5.74) is 0.641. The van der Waals surface area contributed by atoms with Gasteiger partial charge in [0.2, 0.25) is 0 Å². The predicted molar refractivity (Wildman–Crippen MR) is 86.6 cm³/mol. The highest BCUT2D eigenvalue weighted by molar-refractivity contribution is 9.10. The molecule has 1 aliphatic heterocycles. The molecule has 21 heavy (non-hydrogen) atoms. The molecule has 3 rings (SSSR count). The minimum absolute atomic E-state index is 0.00261. The summed E-state index contributed by atoms with van der Waals surface area (Å²) in [6.45, 7) is 0. The maximum atomic E-state index is 12.1. The Labute approximate surface area is 133 Å². The quantitative estimate of drug-likeness (QED) is 0.787. The van der Waals surface area contributed by atoms with Crippen LogP contribution < -0.4 is 10.6 Å². The number of rotatable bonds is 4. The summed E-state index contributed by atoms with van der Waals surface area (Å²) in [5.74, 6) is -0.0333. The fourth-order valence-corrected chi connectivity index (χ4v) is 3.24. The Balaban J connectivity index is 1.80. The molecule has 1 amide bonds. The highest BCUT2D eigenvalue weighted by atomic mass is 79.9. The molecule has 2 aromatic rings. The van der Waals surface area contributed by atoms with Gasteiger partial charge in [-0.2, -0.15) is 0 Å². The molecule has 1 aliphatic rings. The van der Waals surface area contributed by atoms with Gasteiger partial charge in [0.05, 0.1) is 16.0 Å². The molecule has 0 unspecified atom stereocenters. The number of hydrogen-bond donors (Lipinski definition) is 0. The normalized spacial score (nSPS) is 13.0. The van der Waals surface area contributed by atoms with Crippen LogP contribution in [0.4, 0.5) is 0 Å². The third-order valence-electron chi connectivity index (χ3n) is 3.08. The molecule has 2 aromatic carbocycles. The Bertz CT molecular complexity index is 843. The molecule has 0 radical (unpaired) electrons. The molecule has 104 valence electrons. The molecule has 0 aromatic heterocycles. The van der Waals surface area contributed by atoms with Gasteiger partial charge < -0.3 is 0 Å². The monoisotopic (exact) mass is 359 g/mol. The van der Waals surface area contributed by atoms with Crippen molar-refractivity contribution in [1.29, 1.82) is 0 Å². The number of thioether (sulfide) groups is 1. The SMILES string of the molecule is O=C1N=c2ccccc2=C1SCC(=O)c1ccc(Br)cc1. The summed E-state index contributed by atoms with van der Waals surface area (Å²) < 4.78 is 0.930. The van der Waals surface area contributed by atoms with E-state index in [1.165, 1.54) is 11.8 Å². The van der Waals surface area contributed by atoms with Crippen molar-refractivity contribution in [3.8, 4) is 0 Å². The predicted octanol–water partition coefficient (Wildman–Crippen LogP) is 2.33. The minimum Gasteiger partial charge on any atom is -0.293 e. The van der Waals surface area contributed by atoms with Gasteiger partial charge in [-0.3, -0.25) is 9.59 Å². The van der Waals surface area contributed by atoms with Gasteiger partial charge in [0.25, 0.3) is 5.91 Å². The zero-order chi connectivity index (χ0) is 14.8. The topological polar surface area (TPSA) is 46.5 Å². The molecule has 0 saturated carbocycles. The van der Waals surface area contributed by atoms with Crippen LogP contribution in [0, 0.1) is 0 Å². The molecule has 5 heteroatoms. The van der Waals surface area contributed by atoms with E-state index in [-0.39, 0.29) is 17.4 Å². The van der Waals surface area contributed by atoms with Crippen LogP contribution in [0.3, 0.4) is 0 Å². The Morgan fingerprint density at radius 2 is 1.81 bits per heavy atom. The first-order valence-electron chi connectivity index (χ1n) is 6.29. The van der Waals surface area contributed by atoms with Crippen molar-refractivity contribution in [3.63, 3.8) is 0 Å². The van der Waals surface area contributed by atoms with Gasteiger partial charge in [-0.1, -0.05) is 46.3 Å². The molecular formula is C16H10BrNO2S. The van der Waals surface area contributed by atoms with Crippen LogP contribution in [-0.4, -0.2) is 17.4 Å². The van der Waals surface area contributed by atoms with Crippen molar-refractivity contribution in [2.75, 3.05) is 5.75 Å². The summed E-state index contributed by atoms with van der Waals surface area (Å²) in [6.07, 6.45) is 0. The van der Waals surface area contributed by atoms with Gasteiger partial charge in [-0.05, 0) is 18.2 Å². The summed E-state index contributed by atoms with van der Waals surface area (Å²) in [6, 6.07) is 14.6. The highest BCUT2D eigenvalue weighted by Gasteiger charge is 2.18. The first-order chi connectivity index (χ1) is 10.1. The number of carbonyl (C=O) groups is 2. The zero-order valence-corrected chi connectivity index (χ0v) is 13.3. The van der Waals surface area contributed by atoms with Crippen molar-refractivity contribution in [1.82, 2.24) is 0 Å². The van der Waals surface area contributed by atoms with E-state index in [4.69, 9.17) is 0 Å². The van der Waals surface area contributed by atoms with Crippen LogP contribution in [0.25, 0.3) is 4.91 Å². The van der Waals surface area contributed by atoms with E-state index < -0.39 is 0 Å². The van der Waals surface area contributed by atoms with Crippen molar-refractivity contribution in [3.05, 3.63) is 69.1 Å². The average Bonchev–Trinajstić information content (AvgIpc) is 2.81. The number of para-hydroxylation sites is 1. The average molecular weight is 360 g/mol. The summed E-state index contributed by atoms with van der Waals surface area (Å²) in [7, 11) is 0. The van der Waals surface area contributed by atoms with E-state index in [0.29, 0.717) is 15.8 Å². The van der Waals surface area contributed by atoms with Crippen LogP contribution >= 0.6 is 27.7 Å². The van der Waals surface area contributed by atoms with E-state index >= 15 is 0 Å². The molecule has 1 heterocycles. The van der Waals surface area contributed by atoms with Crippen LogP contribution in [0.5, 0.6) is 0 Å². The Morgan fingerprint density at radius 1 is 1.10 bits per heavy atom. The number of hydrogen-bond acceptors (Lipinski definition) is 3. The van der Waals surface area contributed by atoms with Gasteiger partial charge >= 0.3 is 0 Å².